The minimum atomic E-state index is -4.15. The monoisotopic (exact) mass is 512 g/mol. The summed E-state index contributed by atoms with van der Waals surface area (Å²) in [5.74, 6) is -0.420. The molecule has 0 radical (unpaired) electrons. The van der Waals surface area contributed by atoms with Gasteiger partial charge in [0.2, 0.25) is 0 Å². The molecule has 1 aromatic heterocycles. The smallest absolute Gasteiger partial charge is 0.459 e. The molecule has 0 unspecified atom stereocenters. The van der Waals surface area contributed by atoms with Gasteiger partial charge in [0.05, 0.1) is 18.8 Å². The highest BCUT2D eigenvalue weighted by Crippen LogP contribution is 2.47. The molecule has 3 rings (SSSR count). The SMILES string of the molecule is CC(C)OC(=O)[C@H](C)N[P@](=O)(OC[C@@H]1C[C@@](C)(F)[C@H](n2ccc(N)nc2=O)O1)Oc1ccccc1. The minimum absolute atomic E-state index is 0.000113. The number of ether oxygens (including phenoxy) is 2. The van der Waals surface area contributed by atoms with E-state index in [1.807, 2.05) is 0 Å². The summed E-state index contributed by atoms with van der Waals surface area (Å²) in [4.78, 5) is 28.0. The summed E-state index contributed by atoms with van der Waals surface area (Å²) in [5.41, 5.74) is 2.78. The molecule has 192 valence electrons. The fourth-order valence-corrected chi connectivity index (χ4v) is 5.01. The van der Waals surface area contributed by atoms with Crippen LogP contribution < -0.4 is 21.0 Å². The topological polar surface area (TPSA) is 144 Å². The lowest BCUT2D eigenvalue weighted by Crippen LogP contribution is -2.36. The lowest BCUT2D eigenvalue weighted by molar-refractivity contribution is -0.149. The third kappa shape index (κ3) is 7.11. The fraction of sp³-hybridized carbons (Fsp3) is 0.500. The maximum Gasteiger partial charge on any atom is 0.459 e. The van der Waals surface area contributed by atoms with Gasteiger partial charge in [-0.1, -0.05) is 18.2 Å². The minimum Gasteiger partial charge on any atom is -0.462 e. The van der Waals surface area contributed by atoms with Crippen molar-refractivity contribution in [3.05, 3.63) is 53.1 Å². The first kappa shape index (κ1) is 26.8. The van der Waals surface area contributed by atoms with Crippen LogP contribution in [0.2, 0.25) is 0 Å². The zero-order chi connectivity index (χ0) is 25.8. The number of aromatic nitrogens is 2. The molecule has 0 amide bonds. The van der Waals surface area contributed by atoms with Crippen LogP contribution in [0.5, 0.6) is 5.75 Å². The Labute approximate surface area is 202 Å². The van der Waals surface area contributed by atoms with Gasteiger partial charge in [0.25, 0.3) is 0 Å². The van der Waals surface area contributed by atoms with E-state index in [4.69, 9.17) is 24.3 Å². The number of rotatable bonds is 10. The molecular weight excluding hydrogens is 482 g/mol. The van der Waals surface area contributed by atoms with Crippen LogP contribution in [0, 0.1) is 0 Å². The summed E-state index contributed by atoms with van der Waals surface area (Å²) in [7, 11) is -4.15. The second-order valence-corrected chi connectivity index (χ2v) is 10.4. The van der Waals surface area contributed by atoms with Crippen LogP contribution >= 0.6 is 7.75 Å². The van der Waals surface area contributed by atoms with E-state index in [0.717, 1.165) is 4.57 Å². The molecule has 0 bridgehead atoms. The number of carbonyl (C=O) groups is 1. The summed E-state index contributed by atoms with van der Waals surface area (Å²) in [6.45, 7) is 5.76. The van der Waals surface area contributed by atoms with Gasteiger partial charge in [-0.05, 0) is 45.9 Å². The molecule has 0 spiro atoms. The highest BCUT2D eigenvalue weighted by molar-refractivity contribution is 7.52. The number of halogens is 1. The lowest BCUT2D eigenvalue weighted by Gasteiger charge is -2.24. The average Bonchev–Trinajstić information content (AvgIpc) is 3.06. The van der Waals surface area contributed by atoms with Crippen LogP contribution in [-0.4, -0.2) is 46.0 Å². The molecule has 1 saturated heterocycles. The Morgan fingerprint density at radius 1 is 1.34 bits per heavy atom. The highest BCUT2D eigenvalue weighted by atomic mass is 31.2. The van der Waals surface area contributed by atoms with E-state index in [2.05, 4.69) is 10.1 Å². The van der Waals surface area contributed by atoms with E-state index in [1.54, 1.807) is 44.2 Å². The normalized spacial score (nSPS) is 24.6. The van der Waals surface area contributed by atoms with Crippen LogP contribution in [0.25, 0.3) is 0 Å². The molecule has 11 nitrogen and oxygen atoms in total. The summed E-state index contributed by atoms with van der Waals surface area (Å²) in [6.07, 6.45) is -1.42. The first-order valence-electron chi connectivity index (χ1n) is 11.0. The van der Waals surface area contributed by atoms with Crippen molar-refractivity contribution < 1.29 is 32.3 Å². The van der Waals surface area contributed by atoms with E-state index in [1.165, 1.54) is 26.1 Å². The third-order valence-corrected chi connectivity index (χ3v) is 6.67. The van der Waals surface area contributed by atoms with E-state index >= 15 is 4.39 Å². The van der Waals surface area contributed by atoms with E-state index in [9.17, 15) is 14.2 Å². The van der Waals surface area contributed by atoms with Crippen molar-refractivity contribution in [2.75, 3.05) is 12.3 Å². The lowest BCUT2D eigenvalue weighted by atomic mass is 10.0. The Morgan fingerprint density at radius 2 is 2.03 bits per heavy atom. The number of para-hydroxylation sites is 1. The van der Waals surface area contributed by atoms with E-state index in [0.29, 0.717) is 0 Å². The van der Waals surface area contributed by atoms with Crippen molar-refractivity contribution in [3.8, 4) is 5.75 Å². The van der Waals surface area contributed by atoms with Gasteiger partial charge in [-0.2, -0.15) is 10.1 Å². The van der Waals surface area contributed by atoms with E-state index < -0.39 is 43.4 Å². The molecular formula is C22H30FN4O7P. The van der Waals surface area contributed by atoms with Crippen molar-refractivity contribution in [1.29, 1.82) is 0 Å². The van der Waals surface area contributed by atoms with Gasteiger partial charge in [-0.25, -0.2) is 13.8 Å². The molecule has 0 aliphatic carbocycles. The molecule has 5 atom stereocenters. The maximum atomic E-state index is 15.3. The van der Waals surface area contributed by atoms with Gasteiger partial charge in [-0.15, -0.1) is 0 Å². The number of nitrogens with two attached hydrogens (primary N) is 1. The standard InChI is InChI=1S/C22H30FN4O7P/c1-14(2)32-19(28)15(3)26-35(30,34-16-8-6-5-7-9-16)31-13-17-12-22(4,23)20(33-17)27-11-10-18(24)25-21(27)29/h5-11,14-15,17,20H,12-13H2,1-4H3,(H,26,30)(H2,24,25,29)/t15-,17-,20+,22+,35-/m0/s1. The molecule has 1 aliphatic rings. The molecule has 1 aromatic carbocycles. The van der Waals surface area contributed by atoms with Crippen molar-refractivity contribution >= 4 is 19.5 Å². The van der Waals surface area contributed by atoms with Crippen molar-refractivity contribution in [1.82, 2.24) is 14.6 Å². The highest BCUT2D eigenvalue weighted by Gasteiger charge is 2.48. The summed E-state index contributed by atoms with van der Waals surface area (Å²) in [5, 5.41) is 2.56. The second-order valence-electron chi connectivity index (χ2n) is 8.67. The Morgan fingerprint density at radius 3 is 2.66 bits per heavy atom. The summed E-state index contributed by atoms with van der Waals surface area (Å²) < 4.78 is 51.9. The third-order valence-electron chi connectivity index (χ3n) is 5.02. The number of esters is 1. The van der Waals surface area contributed by atoms with Crippen LogP contribution in [0.1, 0.15) is 40.3 Å². The molecule has 35 heavy (non-hydrogen) atoms. The quantitative estimate of drug-likeness (QED) is 0.360. The second kappa shape index (κ2) is 10.9. The predicted molar refractivity (Wildman–Crippen MR) is 125 cm³/mol. The van der Waals surface area contributed by atoms with Crippen LogP contribution in [0.4, 0.5) is 10.2 Å². The number of anilines is 1. The Hall–Kier alpha value is -2.79. The molecule has 2 aromatic rings. The van der Waals surface area contributed by atoms with Crippen molar-refractivity contribution in [2.45, 2.75) is 64.3 Å². The number of nitrogens with zero attached hydrogens (tertiary/aromatic N) is 2. The number of hydrogen-bond donors (Lipinski definition) is 2. The van der Waals surface area contributed by atoms with Crippen LogP contribution in [0.15, 0.2) is 47.4 Å². The average molecular weight is 512 g/mol. The number of hydrogen-bond acceptors (Lipinski definition) is 9. The zero-order valence-corrected chi connectivity index (χ0v) is 20.8. The Balaban J connectivity index is 1.74. The zero-order valence-electron chi connectivity index (χ0n) is 19.9. The summed E-state index contributed by atoms with van der Waals surface area (Å²) >= 11 is 0. The summed E-state index contributed by atoms with van der Waals surface area (Å²) in [6, 6.07) is 8.55. The molecule has 0 saturated carbocycles. The molecule has 3 N–H and O–H groups in total. The fourth-order valence-electron chi connectivity index (χ4n) is 3.49. The van der Waals surface area contributed by atoms with E-state index in [-0.39, 0.29) is 30.7 Å². The van der Waals surface area contributed by atoms with Crippen molar-refractivity contribution in [2.24, 2.45) is 0 Å². The van der Waals surface area contributed by atoms with Crippen molar-refractivity contribution in [3.63, 3.8) is 0 Å². The Bertz CT molecular complexity index is 1130. The number of nitrogen functional groups attached to an aromatic ring is 1. The largest absolute Gasteiger partial charge is 0.462 e. The molecule has 1 fully saturated rings. The van der Waals surface area contributed by atoms with Crippen LogP contribution in [0.3, 0.4) is 0 Å². The van der Waals surface area contributed by atoms with Gasteiger partial charge >= 0.3 is 19.4 Å². The molecule has 1 aliphatic heterocycles. The van der Waals surface area contributed by atoms with Crippen LogP contribution in [-0.2, 0) is 23.4 Å². The Kier molecular flexibility index (Phi) is 8.32. The van der Waals surface area contributed by atoms with Gasteiger partial charge in [0, 0.05) is 12.6 Å². The maximum absolute atomic E-state index is 15.3. The number of alkyl halides is 1. The first-order valence-corrected chi connectivity index (χ1v) is 12.6. The predicted octanol–water partition coefficient (Wildman–Crippen LogP) is 2.97. The van der Waals surface area contributed by atoms with Gasteiger partial charge < -0.3 is 19.7 Å². The number of carbonyl (C=O) groups excluding carboxylic acids is 1. The number of nitrogens with one attached hydrogen (secondary N) is 1. The van der Waals surface area contributed by atoms with Gasteiger partial charge in [-0.3, -0.25) is 13.9 Å². The van der Waals surface area contributed by atoms with Gasteiger partial charge in [0.1, 0.15) is 17.6 Å². The molecule has 13 heteroatoms. The first-order chi connectivity index (χ1) is 16.4. The molecule has 2 heterocycles. The van der Waals surface area contributed by atoms with Gasteiger partial charge in [0.15, 0.2) is 11.9 Å². The number of benzene rings is 1.